The molecule has 0 saturated carbocycles. The van der Waals surface area contributed by atoms with Gasteiger partial charge in [-0.05, 0) is 19.4 Å². The van der Waals surface area contributed by atoms with E-state index in [4.69, 9.17) is 16.9 Å². The Morgan fingerprint density at radius 2 is 2.33 bits per heavy atom. The fourth-order valence-electron chi connectivity index (χ4n) is 1.04. The summed E-state index contributed by atoms with van der Waals surface area (Å²) in [7, 11) is 0. The molecule has 0 bridgehead atoms. The summed E-state index contributed by atoms with van der Waals surface area (Å²) in [4.78, 5) is 8.38. The summed E-state index contributed by atoms with van der Waals surface area (Å²) in [5.74, 6) is 0.630. The molecule has 1 aromatic heterocycles. The summed E-state index contributed by atoms with van der Waals surface area (Å²) in [5.41, 5.74) is 1.24. The van der Waals surface area contributed by atoms with Gasteiger partial charge in [0.2, 0.25) is 0 Å². The van der Waals surface area contributed by atoms with Crippen LogP contribution in [0.5, 0.6) is 0 Å². The number of aryl methyl sites for hydroxylation is 1. The van der Waals surface area contributed by atoms with Gasteiger partial charge in [-0.2, -0.15) is 5.26 Å². The number of alkyl halides is 1. The van der Waals surface area contributed by atoms with E-state index in [9.17, 15) is 0 Å². The number of nitriles is 1. The van der Waals surface area contributed by atoms with Gasteiger partial charge in [-0.25, -0.2) is 9.97 Å². The van der Waals surface area contributed by atoms with Gasteiger partial charge in [0.25, 0.3) is 0 Å². The van der Waals surface area contributed by atoms with Crippen molar-refractivity contribution >= 4 is 23.4 Å². The Morgan fingerprint density at radius 1 is 1.60 bits per heavy atom. The minimum absolute atomic E-state index is 0.371. The van der Waals surface area contributed by atoms with Crippen LogP contribution in [0.3, 0.4) is 0 Å². The first-order chi connectivity index (χ1) is 7.15. The van der Waals surface area contributed by atoms with E-state index >= 15 is 0 Å². The van der Waals surface area contributed by atoms with E-state index in [1.807, 2.05) is 13.0 Å². The van der Waals surface area contributed by atoms with E-state index in [2.05, 4.69) is 16.9 Å². The van der Waals surface area contributed by atoms with E-state index in [0.29, 0.717) is 22.0 Å². The molecule has 0 aliphatic heterocycles. The predicted molar refractivity (Wildman–Crippen MR) is 62.1 cm³/mol. The zero-order chi connectivity index (χ0) is 11.3. The average molecular weight is 242 g/mol. The first-order valence-corrected chi connectivity index (χ1v) is 6.05. The molecule has 1 aromatic rings. The molecular weight excluding hydrogens is 230 g/mol. The van der Waals surface area contributed by atoms with Crippen molar-refractivity contribution in [3.8, 4) is 6.07 Å². The highest BCUT2D eigenvalue weighted by Crippen LogP contribution is 2.22. The molecule has 0 amide bonds. The number of hydrogen-bond acceptors (Lipinski definition) is 4. The largest absolute Gasteiger partial charge is 0.228 e. The van der Waals surface area contributed by atoms with Crippen molar-refractivity contribution in [1.82, 2.24) is 9.97 Å². The van der Waals surface area contributed by atoms with Crippen molar-refractivity contribution in [3.63, 3.8) is 0 Å². The zero-order valence-electron chi connectivity index (χ0n) is 8.70. The van der Waals surface area contributed by atoms with Crippen LogP contribution in [0.1, 0.15) is 24.7 Å². The molecule has 0 saturated heterocycles. The fourth-order valence-corrected chi connectivity index (χ4v) is 2.44. The van der Waals surface area contributed by atoms with Crippen LogP contribution in [0.25, 0.3) is 0 Å². The number of rotatable bonds is 4. The highest BCUT2D eigenvalue weighted by molar-refractivity contribution is 7.99. The van der Waals surface area contributed by atoms with Gasteiger partial charge in [0.1, 0.15) is 11.8 Å². The van der Waals surface area contributed by atoms with Gasteiger partial charge in [-0.1, -0.05) is 18.7 Å². The van der Waals surface area contributed by atoms with Crippen molar-refractivity contribution in [2.45, 2.75) is 30.7 Å². The molecule has 1 atom stereocenters. The second-order valence-electron chi connectivity index (χ2n) is 3.20. The molecule has 0 aliphatic rings. The maximum absolute atomic E-state index is 8.75. The Bertz CT molecular complexity index is 375. The number of halogens is 1. The average Bonchev–Trinajstić information content (AvgIpc) is 2.17. The Hall–Kier alpha value is -0.790. The number of aromatic nitrogens is 2. The lowest BCUT2D eigenvalue weighted by Gasteiger charge is -2.07. The van der Waals surface area contributed by atoms with Crippen molar-refractivity contribution in [3.05, 3.63) is 17.5 Å². The minimum atomic E-state index is 0.371. The predicted octanol–water partition coefficient (Wildman–Crippen LogP) is 2.77. The van der Waals surface area contributed by atoms with Crippen LogP contribution in [0.15, 0.2) is 11.2 Å². The molecule has 0 fully saturated rings. The van der Waals surface area contributed by atoms with E-state index in [-0.39, 0.29) is 0 Å². The Morgan fingerprint density at radius 3 is 2.93 bits per heavy atom. The molecule has 0 aliphatic carbocycles. The molecule has 0 N–H and O–H groups in total. The zero-order valence-corrected chi connectivity index (χ0v) is 10.3. The molecule has 0 spiro atoms. The smallest absolute Gasteiger partial charge is 0.189 e. The Labute approximate surface area is 98.9 Å². The molecule has 1 heterocycles. The lowest BCUT2D eigenvalue weighted by atomic mass is 10.4. The highest BCUT2D eigenvalue weighted by atomic mass is 35.5. The summed E-state index contributed by atoms with van der Waals surface area (Å²) < 4.78 is 0. The first kappa shape index (κ1) is 12.3. The minimum Gasteiger partial charge on any atom is -0.228 e. The van der Waals surface area contributed by atoms with Crippen LogP contribution >= 0.6 is 23.4 Å². The van der Waals surface area contributed by atoms with Crippen LogP contribution in [0.2, 0.25) is 0 Å². The molecule has 0 radical (unpaired) electrons. The third-order valence-electron chi connectivity index (χ3n) is 1.77. The number of nitrogens with zero attached hydrogens (tertiary/aromatic N) is 3. The lowest BCUT2D eigenvalue weighted by Crippen LogP contribution is -2.01. The second kappa shape index (κ2) is 5.94. The summed E-state index contributed by atoms with van der Waals surface area (Å²) in [6, 6.07) is 3.70. The van der Waals surface area contributed by atoms with Crippen molar-refractivity contribution < 1.29 is 0 Å². The van der Waals surface area contributed by atoms with Gasteiger partial charge in [-0.3, -0.25) is 0 Å². The topological polar surface area (TPSA) is 49.6 Å². The molecule has 80 valence electrons. The third kappa shape index (κ3) is 4.06. The number of thioether (sulfide) groups is 1. The van der Waals surface area contributed by atoms with Crippen molar-refractivity contribution in [1.29, 1.82) is 5.26 Å². The monoisotopic (exact) mass is 241 g/mol. The van der Waals surface area contributed by atoms with Crippen LogP contribution in [-0.2, 0) is 0 Å². The SMILES string of the molecule is Cc1cc(C#N)nc(SC(C)CCCl)n1. The van der Waals surface area contributed by atoms with Crippen LogP contribution in [0.4, 0.5) is 0 Å². The first-order valence-electron chi connectivity index (χ1n) is 4.64. The third-order valence-corrected chi connectivity index (χ3v) is 3.02. The second-order valence-corrected chi connectivity index (χ2v) is 4.98. The van der Waals surface area contributed by atoms with Gasteiger partial charge in [0, 0.05) is 16.8 Å². The summed E-state index contributed by atoms with van der Waals surface area (Å²) in [6.45, 7) is 3.93. The molecule has 5 heteroatoms. The van der Waals surface area contributed by atoms with Crippen LogP contribution in [0, 0.1) is 18.3 Å². The quantitative estimate of drug-likeness (QED) is 0.462. The van der Waals surface area contributed by atoms with Crippen molar-refractivity contribution in [2.24, 2.45) is 0 Å². The summed E-state index contributed by atoms with van der Waals surface area (Å²) >= 11 is 7.20. The van der Waals surface area contributed by atoms with Gasteiger partial charge < -0.3 is 0 Å². The summed E-state index contributed by atoms with van der Waals surface area (Å²) in [5, 5.41) is 9.78. The van der Waals surface area contributed by atoms with E-state index in [0.717, 1.165) is 12.1 Å². The lowest BCUT2D eigenvalue weighted by molar-refractivity contribution is 0.876. The Balaban J connectivity index is 2.77. The molecule has 1 rings (SSSR count). The molecule has 3 nitrogen and oxygen atoms in total. The Kier molecular flexibility index (Phi) is 4.86. The maximum Gasteiger partial charge on any atom is 0.189 e. The van der Waals surface area contributed by atoms with Gasteiger partial charge in [0.05, 0.1) is 0 Å². The maximum atomic E-state index is 8.75. The van der Waals surface area contributed by atoms with Crippen LogP contribution < -0.4 is 0 Å². The normalized spacial score (nSPS) is 12.1. The number of hydrogen-bond donors (Lipinski definition) is 0. The molecule has 1 unspecified atom stereocenters. The molecular formula is C10H12ClN3S. The fraction of sp³-hybridized carbons (Fsp3) is 0.500. The highest BCUT2D eigenvalue weighted by Gasteiger charge is 2.08. The van der Waals surface area contributed by atoms with Gasteiger partial charge in [0.15, 0.2) is 5.16 Å². The van der Waals surface area contributed by atoms with Crippen molar-refractivity contribution in [2.75, 3.05) is 5.88 Å². The van der Waals surface area contributed by atoms with Gasteiger partial charge >= 0.3 is 0 Å². The van der Waals surface area contributed by atoms with Gasteiger partial charge in [-0.15, -0.1) is 11.6 Å². The van der Waals surface area contributed by atoms with E-state index in [1.54, 1.807) is 17.8 Å². The molecule has 0 aromatic carbocycles. The summed E-state index contributed by atoms with van der Waals surface area (Å²) in [6.07, 6.45) is 0.908. The standard InChI is InChI=1S/C10H12ClN3S/c1-7-5-9(6-12)14-10(13-7)15-8(2)3-4-11/h5,8H,3-4H2,1-2H3. The van der Waals surface area contributed by atoms with E-state index in [1.165, 1.54) is 0 Å². The molecule has 15 heavy (non-hydrogen) atoms. The van der Waals surface area contributed by atoms with E-state index < -0.39 is 0 Å². The van der Waals surface area contributed by atoms with Crippen LogP contribution in [-0.4, -0.2) is 21.1 Å².